The molecule has 0 aromatic carbocycles. The zero-order valence-corrected chi connectivity index (χ0v) is 7.64. The van der Waals surface area contributed by atoms with Gasteiger partial charge in [0.15, 0.2) is 0 Å². The number of carbonyl (C=O) groups is 1. The number of nitrogens with zero attached hydrogens (tertiary/aromatic N) is 1. The zero-order valence-electron chi connectivity index (χ0n) is 6.82. The van der Waals surface area contributed by atoms with E-state index in [-0.39, 0.29) is 5.92 Å². The molecule has 1 saturated carbocycles. The molecule has 1 aromatic heterocycles. The van der Waals surface area contributed by atoms with E-state index >= 15 is 0 Å². The minimum Gasteiger partial charge on any atom is -0.299 e. The maximum Gasteiger partial charge on any atom is 0.136 e. The number of carbonyl (C=O) groups excluding carboxylic acids is 1. The number of aromatic nitrogens is 1. The molecule has 0 amide bonds. The van der Waals surface area contributed by atoms with E-state index in [9.17, 15) is 4.79 Å². The van der Waals surface area contributed by atoms with Gasteiger partial charge < -0.3 is 0 Å². The second-order valence-corrected chi connectivity index (χ2v) is 4.16. The molecule has 0 saturated heterocycles. The summed E-state index contributed by atoms with van der Waals surface area (Å²) in [6.07, 6.45) is 5.61. The van der Waals surface area contributed by atoms with Crippen molar-refractivity contribution in [1.29, 1.82) is 0 Å². The predicted molar refractivity (Wildman–Crippen MR) is 48.2 cm³/mol. The fourth-order valence-electron chi connectivity index (χ4n) is 1.67. The standard InChI is InChI=1S/C9H11NOS/c11-8-3-1-2-7(8)6-9-10-4-5-12-9/h4-5,7H,1-3,6H2. The van der Waals surface area contributed by atoms with E-state index < -0.39 is 0 Å². The van der Waals surface area contributed by atoms with Crippen molar-refractivity contribution >= 4 is 17.1 Å². The Hall–Kier alpha value is -0.700. The Kier molecular flexibility index (Phi) is 2.21. The SMILES string of the molecule is O=C1CCCC1Cc1nccs1. The smallest absolute Gasteiger partial charge is 0.136 e. The molecule has 1 aliphatic rings. The monoisotopic (exact) mass is 181 g/mol. The van der Waals surface area contributed by atoms with Crippen molar-refractivity contribution in [3.63, 3.8) is 0 Å². The van der Waals surface area contributed by atoms with Crippen LogP contribution in [0.2, 0.25) is 0 Å². The zero-order chi connectivity index (χ0) is 8.39. The first kappa shape index (κ1) is 7.92. The summed E-state index contributed by atoms with van der Waals surface area (Å²) in [5.41, 5.74) is 0. The fraction of sp³-hybridized carbons (Fsp3) is 0.556. The Balaban J connectivity index is 1.99. The molecule has 1 heterocycles. The highest BCUT2D eigenvalue weighted by Gasteiger charge is 2.24. The van der Waals surface area contributed by atoms with Crippen molar-refractivity contribution in [2.24, 2.45) is 5.92 Å². The van der Waals surface area contributed by atoms with Crippen LogP contribution in [0, 0.1) is 5.92 Å². The molecule has 0 aliphatic heterocycles. The molecule has 1 aromatic rings. The van der Waals surface area contributed by atoms with Gasteiger partial charge in [0.25, 0.3) is 0 Å². The van der Waals surface area contributed by atoms with E-state index in [0.717, 1.165) is 30.7 Å². The van der Waals surface area contributed by atoms with E-state index in [1.54, 1.807) is 17.5 Å². The first-order chi connectivity index (χ1) is 5.86. The largest absolute Gasteiger partial charge is 0.299 e. The summed E-state index contributed by atoms with van der Waals surface area (Å²) in [5.74, 6) is 0.710. The van der Waals surface area contributed by atoms with Gasteiger partial charge in [-0.1, -0.05) is 0 Å². The van der Waals surface area contributed by atoms with Gasteiger partial charge in [0, 0.05) is 30.3 Å². The summed E-state index contributed by atoms with van der Waals surface area (Å²) >= 11 is 1.65. The lowest BCUT2D eigenvalue weighted by molar-refractivity contribution is -0.120. The molecule has 0 N–H and O–H groups in total. The highest BCUT2D eigenvalue weighted by molar-refractivity contribution is 7.09. The quantitative estimate of drug-likeness (QED) is 0.699. The molecule has 0 radical (unpaired) electrons. The molecule has 1 aliphatic carbocycles. The average Bonchev–Trinajstić information content (AvgIpc) is 2.65. The number of rotatable bonds is 2. The molecule has 2 nitrogen and oxygen atoms in total. The number of Topliss-reactive ketones (excluding diaryl/α,β-unsaturated/α-hetero) is 1. The maximum absolute atomic E-state index is 11.3. The Morgan fingerprint density at radius 3 is 3.17 bits per heavy atom. The van der Waals surface area contributed by atoms with Crippen LogP contribution in [0.4, 0.5) is 0 Å². The lowest BCUT2D eigenvalue weighted by atomic mass is 10.0. The average molecular weight is 181 g/mol. The van der Waals surface area contributed by atoms with Crippen LogP contribution >= 0.6 is 11.3 Å². The first-order valence-electron chi connectivity index (χ1n) is 4.27. The summed E-state index contributed by atoms with van der Waals surface area (Å²) in [6.45, 7) is 0. The molecule has 1 unspecified atom stereocenters. The number of thiazole rings is 1. The van der Waals surface area contributed by atoms with Crippen LogP contribution in [0.25, 0.3) is 0 Å². The fourth-order valence-corrected chi connectivity index (χ4v) is 2.37. The molecule has 0 spiro atoms. The Bertz CT molecular complexity index is 268. The normalized spacial score (nSPS) is 23.3. The van der Waals surface area contributed by atoms with Gasteiger partial charge >= 0.3 is 0 Å². The molecular weight excluding hydrogens is 170 g/mol. The van der Waals surface area contributed by atoms with Crippen LogP contribution in [0.1, 0.15) is 24.3 Å². The highest BCUT2D eigenvalue weighted by atomic mass is 32.1. The lowest BCUT2D eigenvalue weighted by Crippen LogP contribution is -2.08. The van der Waals surface area contributed by atoms with Crippen LogP contribution < -0.4 is 0 Å². The summed E-state index contributed by atoms with van der Waals surface area (Å²) in [6, 6.07) is 0. The molecule has 2 rings (SSSR count). The molecule has 12 heavy (non-hydrogen) atoms. The van der Waals surface area contributed by atoms with Gasteiger partial charge in [0.2, 0.25) is 0 Å². The van der Waals surface area contributed by atoms with E-state index in [4.69, 9.17) is 0 Å². The predicted octanol–water partition coefficient (Wildman–Crippen LogP) is 2.05. The van der Waals surface area contributed by atoms with Crippen molar-refractivity contribution in [3.05, 3.63) is 16.6 Å². The second kappa shape index (κ2) is 3.35. The highest BCUT2D eigenvalue weighted by Crippen LogP contribution is 2.25. The molecule has 1 fully saturated rings. The summed E-state index contributed by atoms with van der Waals surface area (Å²) in [7, 11) is 0. The summed E-state index contributed by atoms with van der Waals surface area (Å²) < 4.78 is 0. The van der Waals surface area contributed by atoms with E-state index in [2.05, 4.69) is 4.98 Å². The Morgan fingerprint density at radius 1 is 1.67 bits per heavy atom. The van der Waals surface area contributed by atoms with Crippen molar-refractivity contribution < 1.29 is 4.79 Å². The van der Waals surface area contributed by atoms with E-state index in [1.165, 1.54) is 0 Å². The number of hydrogen-bond donors (Lipinski definition) is 0. The van der Waals surface area contributed by atoms with Gasteiger partial charge in [-0.05, 0) is 12.8 Å². The Labute approximate surface area is 75.6 Å². The third kappa shape index (κ3) is 1.55. The summed E-state index contributed by atoms with van der Waals surface area (Å²) in [5, 5.41) is 3.07. The van der Waals surface area contributed by atoms with E-state index in [1.807, 2.05) is 5.38 Å². The van der Waals surface area contributed by atoms with Crippen LogP contribution in [0.3, 0.4) is 0 Å². The van der Waals surface area contributed by atoms with Gasteiger partial charge in [-0.15, -0.1) is 11.3 Å². The Morgan fingerprint density at radius 2 is 2.58 bits per heavy atom. The lowest BCUT2D eigenvalue weighted by Gasteiger charge is -2.03. The van der Waals surface area contributed by atoms with Crippen molar-refractivity contribution in [1.82, 2.24) is 4.98 Å². The molecule has 1 atom stereocenters. The second-order valence-electron chi connectivity index (χ2n) is 3.19. The van der Waals surface area contributed by atoms with Crippen LogP contribution in [0.5, 0.6) is 0 Å². The topological polar surface area (TPSA) is 30.0 Å². The van der Waals surface area contributed by atoms with Crippen LogP contribution in [-0.4, -0.2) is 10.8 Å². The first-order valence-corrected chi connectivity index (χ1v) is 5.15. The minimum atomic E-state index is 0.274. The maximum atomic E-state index is 11.3. The molecular formula is C9H11NOS. The molecule has 64 valence electrons. The summed E-state index contributed by atoms with van der Waals surface area (Å²) in [4.78, 5) is 15.5. The van der Waals surface area contributed by atoms with Crippen LogP contribution in [-0.2, 0) is 11.2 Å². The van der Waals surface area contributed by atoms with Crippen molar-refractivity contribution in [2.45, 2.75) is 25.7 Å². The van der Waals surface area contributed by atoms with Crippen molar-refractivity contribution in [2.75, 3.05) is 0 Å². The molecule has 0 bridgehead atoms. The van der Waals surface area contributed by atoms with Gasteiger partial charge in [0.1, 0.15) is 5.78 Å². The number of hydrogen-bond acceptors (Lipinski definition) is 3. The van der Waals surface area contributed by atoms with Gasteiger partial charge in [0.05, 0.1) is 5.01 Å². The van der Waals surface area contributed by atoms with Gasteiger partial charge in [-0.3, -0.25) is 4.79 Å². The third-order valence-electron chi connectivity index (χ3n) is 2.34. The number of ketones is 1. The van der Waals surface area contributed by atoms with Gasteiger partial charge in [-0.2, -0.15) is 0 Å². The van der Waals surface area contributed by atoms with E-state index in [0.29, 0.717) is 5.78 Å². The minimum absolute atomic E-state index is 0.274. The third-order valence-corrected chi connectivity index (χ3v) is 3.14. The molecule has 3 heteroatoms. The van der Waals surface area contributed by atoms with Crippen LogP contribution in [0.15, 0.2) is 11.6 Å². The van der Waals surface area contributed by atoms with Crippen molar-refractivity contribution in [3.8, 4) is 0 Å². The van der Waals surface area contributed by atoms with Gasteiger partial charge in [-0.25, -0.2) is 4.98 Å².